The molecular weight excluding hydrogens is 255 g/mol. The zero-order valence-electron chi connectivity index (χ0n) is 9.79. The van der Waals surface area contributed by atoms with Gasteiger partial charge in [-0.25, -0.2) is 13.2 Å². The zero-order valence-corrected chi connectivity index (χ0v) is 9.79. The summed E-state index contributed by atoms with van der Waals surface area (Å²) in [5, 5.41) is 0. The van der Waals surface area contributed by atoms with Crippen LogP contribution in [0.2, 0.25) is 0 Å². The fourth-order valence-electron chi connectivity index (χ4n) is 1.89. The largest absolute Gasteiger partial charge is 0.369 e. The van der Waals surface area contributed by atoms with Gasteiger partial charge in [0.15, 0.2) is 0 Å². The van der Waals surface area contributed by atoms with E-state index in [-0.39, 0.29) is 17.5 Å². The molecule has 19 heavy (non-hydrogen) atoms. The lowest BCUT2D eigenvalue weighted by Gasteiger charge is -2.09. The van der Waals surface area contributed by atoms with Crippen molar-refractivity contribution in [3.8, 4) is 11.1 Å². The number of nitrogens with two attached hydrogens (primary N) is 1. The van der Waals surface area contributed by atoms with E-state index in [9.17, 15) is 18.0 Å². The first-order valence-corrected chi connectivity index (χ1v) is 5.49. The molecule has 0 bridgehead atoms. The smallest absolute Gasteiger partial charge is 0.221 e. The first-order valence-electron chi connectivity index (χ1n) is 5.49. The van der Waals surface area contributed by atoms with Crippen molar-refractivity contribution < 1.29 is 18.0 Å². The molecule has 2 N–H and O–H groups in total. The van der Waals surface area contributed by atoms with Crippen LogP contribution in [0, 0.1) is 17.5 Å². The van der Waals surface area contributed by atoms with E-state index < -0.39 is 23.4 Å². The normalized spacial score (nSPS) is 10.5. The quantitative estimate of drug-likeness (QED) is 0.911. The Kier molecular flexibility index (Phi) is 3.55. The van der Waals surface area contributed by atoms with E-state index in [0.29, 0.717) is 5.56 Å². The molecule has 5 heteroatoms. The third kappa shape index (κ3) is 3.13. The van der Waals surface area contributed by atoms with Crippen LogP contribution in [0.1, 0.15) is 5.56 Å². The minimum Gasteiger partial charge on any atom is -0.369 e. The maximum atomic E-state index is 13.2. The fraction of sp³-hybridized carbons (Fsp3) is 0.0714. The summed E-state index contributed by atoms with van der Waals surface area (Å²) in [6, 6.07) is 6.61. The summed E-state index contributed by atoms with van der Waals surface area (Å²) >= 11 is 0. The highest BCUT2D eigenvalue weighted by Crippen LogP contribution is 2.26. The first-order chi connectivity index (χ1) is 8.95. The third-order valence-corrected chi connectivity index (χ3v) is 2.61. The topological polar surface area (TPSA) is 43.1 Å². The van der Waals surface area contributed by atoms with E-state index in [2.05, 4.69) is 0 Å². The van der Waals surface area contributed by atoms with Crippen LogP contribution in [0.4, 0.5) is 13.2 Å². The molecule has 0 fully saturated rings. The molecule has 2 aromatic rings. The molecule has 0 atom stereocenters. The number of hydrogen-bond donors (Lipinski definition) is 1. The highest BCUT2D eigenvalue weighted by Gasteiger charge is 2.11. The molecule has 2 aromatic carbocycles. The minimum atomic E-state index is -0.746. The van der Waals surface area contributed by atoms with Crippen molar-refractivity contribution >= 4 is 5.91 Å². The van der Waals surface area contributed by atoms with Crippen molar-refractivity contribution in [2.75, 3.05) is 0 Å². The Bertz CT molecular complexity index is 620. The molecule has 0 aliphatic heterocycles. The van der Waals surface area contributed by atoms with Gasteiger partial charge in [-0.1, -0.05) is 6.07 Å². The molecule has 0 aromatic heterocycles. The number of benzene rings is 2. The highest BCUT2D eigenvalue weighted by atomic mass is 19.1. The van der Waals surface area contributed by atoms with Crippen molar-refractivity contribution in [2.24, 2.45) is 5.73 Å². The number of rotatable bonds is 3. The van der Waals surface area contributed by atoms with Crippen LogP contribution in [0.5, 0.6) is 0 Å². The second kappa shape index (κ2) is 5.14. The Hall–Kier alpha value is -2.30. The van der Waals surface area contributed by atoms with Gasteiger partial charge < -0.3 is 5.73 Å². The minimum absolute atomic E-state index is 0.203. The number of hydrogen-bond acceptors (Lipinski definition) is 1. The Balaban J connectivity index is 2.57. The van der Waals surface area contributed by atoms with Gasteiger partial charge in [-0.05, 0) is 41.0 Å². The van der Waals surface area contributed by atoms with Gasteiger partial charge in [0.05, 0.1) is 6.42 Å². The first kappa shape index (κ1) is 13.1. The summed E-state index contributed by atoms with van der Waals surface area (Å²) in [7, 11) is 0. The molecule has 0 saturated heterocycles. The molecule has 0 unspecified atom stereocenters. The number of carbonyl (C=O) groups excluding carboxylic acids is 1. The van der Waals surface area contributed by atoms with Gasteiger partial charge in [-0.15, -0.1) is 0 Å². The van der Waals surface area contributed by atoms with Crippen molar-refractivity contribution in [1.82, 2.24) is 0 Å². The molecule has 0 spiro atoms. The van der Waals surface area contributed by atoms with Crippen LogP contribution in [-0.2, 0) is 11.2 Å². The molecule has 0 radical (unpaired) electrons. The average Bonchev–Trinajstić information content (AvgIpc) is 2.26. The Morgan fingerprint density at radius 1 is 0.947 bits per heavy atom. The molecular formula is C14H10F3NO. The second-order valence-corrected chi connectivity index (χ2v) is 4.10. The summed E-state index contributed by atoms with van der Waals surface area (Å²) < 4.78 is 39.5. The SMILES string of the molecule is NC(=O)Cc1cc(F)ccc1-c1cc(F)cc(F)c1. The van der Waals surface area contributed by atoms with Gasteiger partial charge in [0, 0.05) is 6.07 Å². The van der Waals surface area contributed by atoms with E-state index in [0.717, 1.165) is 30.3 Å². The summed E-state index contributed by atoms with van der Waals surface area (Å²) in [6.07, 6.45) is -0.203. The van der Waals surface area contributed by atoms with Crippen molar-refractivity contribution in [3.05, 3.63) is 59.4 Å². The maximum absolute atomic E-state index is 13.2. The van der Waals surface area contributed by atoms with Gasteiger partial charge in [0.1, 0.15) is 17.5 Å². The van der Waals surface area contributed by atoms with Crippen LogP contribution < -0.4 is 5.73 Å². The number of halogens is 3. The highest BCUT2D eigenvalue weighted by molar-refractivity contribution is 5.80. The molecule has 2 rings (SSSR count). The number of primary amides is 1. The average molecular weight is 265 g/mol. The van der Waals surface area contributed by atoms with Crippen LogP contribution >= 0.6 is 0 Å². The Labute approximate surface area is 107 Å². The van der Waals surface area contributed by atoms with Gasteiger partial charge >= 0.3 is 0 Å². The van der Waals surface area contributed by atoms with E-state index in [1.807, 2.05) is 0 Å². The fourth-order valence-corrected chi connectivity index (χ4v) is 1.89. The standard InChI is InChI=1S/C14H10F3NO/c15-10-1-2-13(9(3-10)6-14(18)19)8-4-11(16)7-12(17)5-8/h1-5,7H,6H2,(H2,18,19). The monoisotopic (exact) mass is 265 g/mol. The van der Waals surface area contributed by atoms with Crippen molar-refractivity contribution in [3.63, 3.8) is 0 Å². The van der Waals surface area contributed by atoms with Crippen LogP contribution in [0.15, 0.2) is 36.4 Å². The van der Waals surface area contributed by atoms with Crippen LogP contribution in [-0.4, -0.2) is 5.91 Å². The predicted molar refractivity (Wildman–Crippen MR) is 64.7 cm³/mol. The summed E-state index contributed by atoms with van der Waals surface area (Å²) in [5.74, 6) is -2.69. The molecule has 0 aliphatic carbocycles. The van der Waals surface area contributed by atoms with Crippen molar-refractivity contribution in [1.29, 1.82) is 0 Å². The second-order valence-electron chi connectivity index (χ2n) is 4.10. The van der Waals surface area contributed by atoms with Gasteiger partial charge in [-0.2, -0.15) is 0 Å². The third-order valence-electron chi connectivity index (χ3n) is 2.61. The lowest BCUT2D eigenvalue weighted by molar-refractivity contribution is -0.117. The van der Waals surface area contributed by atoms with Crippen molar-refractivity contribution in [2.45, 2.75) is 6.42 Å². The van der Waals surface area contributed by atoms with Crippen LogP contribution in [0.3, 0.4) is 0 Å². The summed E-state index contributed by atoms with van der Waals surface area (Å²) in [6.45, 7) is 0. The van der Waals surface area contributed by atoms with E-state index in [4.69, 9.17) is 5.73 Å². The molecule has 0 heterocycles. The number of carbonyl (C=O) groups is 1. The molecule has 0 saturated carbocycles. The molecule has 2 nitrogen and oxygen atoms in total. The molecule has 1 amide bonds. The number of amides is 1. The van der Waals surface area contributed by atoms with Crippen LogP contribution in [0.25, 0.3) is 11.1 Å². The van der Waals surface area contributed by atoms with E-state index in [1.54, 1.807) is 0 Å². The maximum Gasteiger partial charge on any atom is 0.221 e. The predicted octanol–water partition coefficient (Wildman–Crippen LogP) is 2.80. The Morgan fingerprint density at radius 2 is 1.58 bits per heavy atom. The lowest BCUT2D eigenvalue weighted by atomic mass is 9.97. The van der Waals surface area contributed by atoms with Gasteiger partial charge in [-0.3, -0.25) is 4.79 Å². The van der Waals surface area contributed by atoms with E-state index >= 15 is 0 Å². The Morgan fingerprint density at radius 3 is 2.16 bits per heavy atom. The summed E-state index contributed by atoms with van der Waals surface area (Å²) in [5.41, 5.74) is 5.97. The van der Waals surface area contributed by atoms with Gasteiger partial charge in [0.2, 0.25) is 5.91 Å². The molecule has 0 aliphatic rings. The zero-order chi connectivity index (χ0) is 14.0. The lowest BCUT2D eigenvalue weighted by Crippen LogP contribution is -2.14. The van der Waals surface area contributed by atoms with Gasteiger partial charge in [0.25, 0.3) is 0 Å². The van der Waals surface area contributed by atoms with E-state index in [1.165, 1.54) is 6.07 Å². The summed E-state index contributed by atoms with van der Waals surface area (Å²) in [4.78, 5) is 10.9. The molecule has 98 valence electrons.